The SMILES string of the molecule is CN(C)CCN(Cc1ccc(F)cc1)C(=O)c1ccc(C(=O)O)cc1. The summed E-state index contributed by atoms with van der Waals surface area (Å²) in [5.74, 6) is -1.54. The summed E-state index contributed by atoms with van der Waals surface area (Å²) >= 11 is 0. The summed E-state index contributed by atoms with van der Waals surface area (Å²) in [6.45, 7) is 1.54. The molecule has 132 valence electrons. The molecular formula is C19H21FN2O3. The molecule has 0 aromatic heterocycles. The number of aromatic carboxylic acids is 1. The van der Waals surface area contributed by atoms with E-state index in [0.29, 0.717) is 25.2 Å². The van der Waals surface area contributed by atoms with Crippen LogP contribution < -0.4 is 0 Å². The number of likely N-dealkylation sites (N-methyl/N-ethyl adjacent to an activating group) is 1. The van der Waals surface area contributed by atoms with Crippen molar-refractivity contribution in [2.45, 2.75) is 6.54 Å². The van der Waals surface area contributed by atoms with E-state index in [1.54, 1.807) is 17.0 Å². The van der Waals surface area contributed by atoms with Gasteiger partial charge in [0.25, 0.3) is 5.91 Å². The van der Waals surface area contributed by atoms with Crippen LogP contribution in [0.4, 0.5) is 4.39 Å². The molecule has 0 unspecified atom stereocenters. The summed E-state index contributed by atoms with van der Waals surface area (Å²) < 4.78 is 13.1. The maximum Gasteiger partial charge on any atom is 0.335 e. The second-order valence-corrected chi connectivity index (χ2v) is 6.04. The Hall–Kier alpha value is -2.73. The third-order valence-corrected chi connectivity index (χ3v) is 3.77. The van der Waals surface area contributed by atoms with Crippen LogP contribution in [0.2, 0.25) is 0 Å². The molecule has 0 spiro atoms. The molecule has 25 heavy (non-hydrogen) atoms. The first-order chi connectivity index (χ1) is 11.9. The largest absolute Gasteiger partial charge is 0.478 e. The van der Waals surface area contributed by atoms with E-state index >= 15 is 0 Å². The van der Waals surface area contributed by atoms with E-state index in [0.717, 1.165) is 5.56 Å². The number of amides is 1. The molecule has 0 saturated carbocycles. The Morgan fingerprint density at radius 1 is 0.920 bits per heavy atom. The average Bonchev–Trinajstić information content (AvgIpc) is 2.59. The van der Waals surface area contributed by atoms with Crippen molar-refractivity contribution in [3.63, 3.8) is 0 Å². The molecular weight excluding hydrogens is 323 g/mol. The Balaban J connectivity index is 2.19. The number of rotatable bonds is 7. The number of hydrogen-bond donors (Lipinski definition) is 1. The van der Waals surface area contributed by atoms with Crippen molar-refractivity contribution < 1.29 is 19.1 Å². The van der Waals surface area contributed by atoms with Gasteiger partial charge in [-0.25, -0.2) is 9.18 Å². The minimum atomic E-state index is -1.03. The summed E-state index contributed by atoms with van der Waals surface area (Å²) in [5, 5.41) is 8.95. The van der Waals surface area contributed by atoms with Crippen LogP contribution in [0.3, 0.4) is 0 Å². The van der Waals surface area contributed by atoms with Crippen molar-refractivity contribution in [1.82, 2.24) is 9.80 Å². The Morgan fingerprint density at radius 3 is 2.00 bits per heavy atom. The van der Waals surface area contributed by atoms with Gasteiger partial charge in [0, 0.05) is 25.2 Å². The van der Waals surface area contributed by atoms with E-state index in [1.807, 2.05) is 19.0 Å². The maximum absolute atomic E-state index is 13.1. The van der Waals surface area contributed by atoms with Crippen LogP contribution in [-0.2, 0) is 6.54 Å². The lowest BCUT2D eigenvalue weighted by atomic mass is 10.1. The van der Waals surface area contributed by atoms with Gasteiger partial charge in [-0.2, -0.15) is 0 Å². The number of halogens is 1. The smallest absolute Gasteiger partial charge is 0.335 e. The zero-order chi connectivity index (χ0) is 18.4. The summed E-state index contributed by atoms with van der Waals surface area (Å²) in [4.78, 5) is 27.4. The monoisotopic (exact) mass is 344 g/mol. The van der Waals surface area contributed by atoms with Crippen LogP contribution >= 0.6 is 0 Å². The molecule has 5 nitrogen and oxygen atoms in total. The Morgan fingerprint density at radius 2 is 1.48 bits per heavy atom. The first-order valence-corrected chi connectivity index (χ1v) is 7.88. The average molecular weight is 344 g/mol. The van der Waals surface area contributed by atoms with Crippen LogP contribution in [0, 0.1) is 5.82 Å². The Labute approximate surface area is 146 Å². The van der Waals surface area contributed by atoms with Gasteiger partial charge < -0.3 is 14.9 Å². The maximum atomic E-state index is 13.1. The summed E-state index contributed by atoms with van der Waals surface area (Å²) in [6, 6.07) is 11.9. The molecule has 0 aliphatic rings. The minimum Gasteiger partial charge on any atom is -0.478 e. The number of nitrogens with zero attached hydrogens (tertiary/aromatic N) is 2. The number of carbonyl (C=O) groups is 2. The lowest BCUT2D eigenvalue weighted by molar-refractivity contribution is 0.0692. The van der Waals surface area contributed by atoms with E-state index in [-0.39, 0.29) is 17.3 Å². The van der Waals surface area contributed by atoms with E-state index < -0.39 is 5.97 Å². The fourth-order valence-corrected chi connectivity index (χ4v) is 2.32. The van der Waals surface area contributed by atoms with Gasteiger partial charge in [-0.3, -0.25) is 4.79 Å². The van der Waals surface area contributed by atoms with Gasteiger partial charge in [-0.1, -0.05) is 12.1 Å². The van der Waals surface area contributed by atoms with Crippen LogP contribution in [0.1, 0.15) is 26.3 Å². The predicted octanol–water partition coefficient (Wildman–Crippen LogP) is 2.73. The van der Waals surface area contributed by atoms with Crippen LogP contribution in [0.15, 0.2) is 48.5 Å². The molecule has 0 bridgehead atoms. The molecule has 0 atom stereocenters. The van der Waals surface area contributed by atoms with E-state index in [4.69, 9.17) is 5.11 Å². The molecule has 2 aromatic rings. The van der Waals surface area contributed by atoms with Crippen molar-refractivity contribution >= 4 is 11.9 Å². The van der Waals surface area contributed by atoms with Crippen molar-refractivity contribution in [3.8, 4) is 0 Å². The molecule has 0 aliphatic heterocycles. The fraction of sp³-hybridized carbons (Fsp3) is 0.263. The molecule has 0 heterocycles. The van der Waals surface area contributed by atoms with Gasteiger partial charge in [-0.05, 0) is 56.1 Å². The lowest BCUT2D eigenvalue weighted by Crippen LogP contribution is -2.36. The predicted molar refractivity (Wildman–Crippen MR) is 93.1 cm³/mol. The van der Waals surface area contributed by atoms with E-state index in [9.17, 15) is 14.0 Å². The van der Waals surface area contributed by atoms with Crippen molar-refractivity contribution in [2.24, 2.45) is 0 Å². The molecule has 1 amide bonds. The van der Waals surface area contributed by atoms with Gasteiger partial charge in [0.2, 0.25) is 0 Å². The second-order valence-electron chi connectivity index (χ2n) is 6.04. The first-order valence-electron chi connectivity index (χ1n) is 7.88. The second kappa shape index (κ2) is 8.39. The van der Waals surface area contributed by atoms with Gasteiger partial charge in [0.1, 0.15) is 5.82 Å². The number of hydrogen-bond acceptors (Lipinski definition) is 3. The van der Waals surface area contributed by atoms with Gasteiger partial charge in [0.05, 0.1) is 5.56 Å². The first kappa shape index (κ1) is 18.6. The molecule has 0 radical (unpaired) electrons. The number of carboxylic acid groups (broad SMARTS) is 1. The quantitative estimate of drug-likeness (QED) is 0.839. The number of carbonyl (C=O) groups excluding carboxylic acids is 1. The summed E-state index contributed by atoms with van der Waals surface area (Å²) in [5.41, 5.74) is 1.39. The third kappa shape index (κ3) is 5.39. The zero-order valence-electron chi connectivity index (χ0n) is 14.3. The molecule has 6 heteroatoms. The Kier molecular flexibility index (Phi) is 6.25. The molecule has 2 rings (SSSR count). The topological polar surface area (TPSA) is 60.9 Å². The highest BCUT2D eigenvalue weighted by molar-refractivity contribution is 5.95. The standard InChI is InChI=1S/C19H21FN2O3/c1-21(2)11-12-22(13-14-3-9-17(20)10-4-14)18(23)15-5-7-16(8-6-15)19(24)25/h3-10H,11-13H2,1-2H3,(H,24,25). The van der Waals surface area contributed by atoms with Crippen LogP contribution in [-0.4, -0.2) is 54.0 Å². The van der Waals surface area contributed by atoms with Crippen LogP contribution in [0.5, 0.6) is 0 Å². The van der Waals surface area contributed by atoms with Crippen molar-refractivity contribution in [3.05, 3.63) is 71.0 Å². The molecule has 2 aromatic carbocycles. The van der Waals surface area contributed by atoms with Gasteiger partial charge in [0.15, 0.2) is 0 Å². The minimum absolute atomic E-state index is 0.134. The summed E-state index contributed by atoms with van der Waals surface area (Å²) in [6.07, 6.45) is 0. The fourth-order valence-electron chi connectivity index (χ4n) is 2.32. The Bertz CT molecular complexity index is 727. The van der Waals surface area contributed by atoms with E-state index in [2.05, 4.69) is 0 Å². The normalized spacial score (nSPS) is 10.7. The molecule has 0 aliphatic carbocycles. The summed E-state index contributed by atoms with van der Waals surface area (Å²) in [7, 11) is 3.84. The van der Waals surface area contributed by atoms with Gasteiger partial charge >= 0.3 is 5.97 Å². The van der Waals surface area contributed by atoms with E-state index in [1.165, 1.54) is 36.4 Å². The third-order valence-electron chi connectivity index (χ3n) is 3.77. The highest BCUT2D eigenvalue weighted by Gasteiger charge is 2.17. The van der Waals surface area contributed by atoms with Gasteiger partial charge in [-0.15, -0.1) is 0 Å². The molecule has 0 saturated heterocycles. The van der Waals surface area contributed by atoms with Crippen LogP contribution in [0.25, 0.3) is 0 Å². The molecule has 1 N–H and O–H groups in total. The zero-order valence-corrected chi connectivity index (χ0v) is 14.3. The highest BCUT2D eigenvalue weighted by atomic mass is 19.1. The number of benzene rings is 2. The van der Waals surface area contributed by atoms with Crippen molar-refractivity contribution in [1.29, 1.82) is 0 Å². The lowest BCUT2D eigenvalue weighted by Gasteiger charge is -2.25. The molecule has 0 fully saturated rings. The van der Waals surface area contributed by atoms with Crippen molar-refractivity contribution in [2.75, 3.05) is 27.2 Å². The highest BCUT2D eigenvalue weighted by Crippen LogP contribution is 2.12. The number of carboxylic acids is 1.